The van der Waals surface area contributed by atoms with Crippen molar-refractivity contribution in [1.29, 1.82) is 0 Å². The zero-order valence-electron chi connectivity index (χ0n) is 13.8. The molecule has 0 bridgehead atoms. The Morgan fingerprint density at radius 3 is 2.38 bits per heavy atom. The van der Waals surface area contributed by atoms with Gasteiger partial charge in [0.2, 0.25) is 0 Å². The Morgan fingerprint density at radius 1 is 1.04 bits per heavy atom. The van der Waals surface area contributed by atoms with Crippen LogP contribution in [0.4, 0.5) is 0 Å². The van der Waals surface area contributed by atoms with Crippen LogP contribution in [0.3, 0.4) is 0 Å². The van der Waals surface area contributed by atoms with Gasteiger partial charge in [-0.15, -0.1) is 5.10 Å². The number of hydrogen-bond acceptors (Lipinski definition) is 5. The highest BCUT2D eigenvalue weighted by molar-refractivity contribution is 5.30. The number of aromatic nitrogens is 4. The molecule has 6 heteroatoms. The molecule has 124 valence electrons. The fourth-order valence-electron chi connectivity index (χ4n) is 2.60. The fraction of sp³-hybridized carbons (Fsp3) is 0.278. The lowest BCUT2D eigenvalue weighted by atomic mass is 10.1. The van der Waals surface area contributed by atoms with Crippen LogP contribution in [0.25, 0.3) is 5.69 Å². The number of benzene rings is 2. The summed E-state index contributed by atoms with van der Waals surface area (Å²) in [4.78, 5) is 0. The summed E-state index contributed by atoms with van der Waals surface area (Å²) in [5, 5.41) is 15.5. The zero-order chi connectivity index (χ0) is 16.8. The van der Waals surface area contributed by atoms with Crippen molar-refractivity contribution in [2.75, 3.05) is 13.7 Å². The highest BCUT2D eigenvalue weighted by atomic mass is 16.5. The maximum Gasteiger partial charge on any atom is 0.173 e. The first-order valence-corrected chi connectivity index (χ1v) is 7.94. The molecule has 1 N–H and O–H groups in total. The van der Waals surface area contributed by atoms with Crippen molar-refractivity contribution < 1.29 is 4.74 Å². The summed E-state index contributed by atoms with van der Waals surface area (Å²) in [5.74, 6) is 0.768. The SMILES string of the molecule is CO[C@@H](CN[C@H](C)c1nnnn1-c1ccccc1)c1ccccc1. The van der Waals surface area contributed by atoms with Crippen LogP contribution in [0.5, 0.6) is 0 Å². The van der Waals surface area contributed by atoms with Crippen LogP contribution in [-0.4, -0.2) is 33.9 Å². The molecule has 1 heterocycles. The monoisotopic (exact) mass is 323 g/mol. The molecular formula is C18H21N5O. The lowest BCUT2D eigenvalue weighted by molar-refractivity contribution is 0.0995. The average molecular weight is 323 g/mol. The molecule has 24 heavy (non-hydrogen) atoms. The summed E-state index contributed by atoms with van der Waals surface area (Å²) >= 11 is 0. The van der Waals surface area contributed by atoms with E-state index in [1.54, 1.807) is 11.8 Å². The highest BCUT2D eigenvalue weighted by Crippen LogP contribution is 2.18. The Bertz CT molecular complexity index is 744. The molecule has 0 aliphatic heterocycles. The van der Waals surface area contributed by atoms with Crippen LogP contribution >= 0.6 is 0 Å². The minimum atomic E-state index is -0.0188. The Balaban J connectivity index is 1.70. The minimum absolute atomic E-state index is 0.0124. The Labute approximate surface area is 141 Å². The van der Waals surface area contributed by atoms with Gasteiger partial charge in [-0.25, -0.2) is 0 Å². The van der Waals surface area contributed by atoms with Gasteiger partial charge in [0.15, 0.2) is 5.82 Å². The Hall–Kier alpha value is -2.57. The lowest BCUT2D eigenvalue weighted by Gasteiger charge is -2.19. The molecule has 1 aromatic heterocycles. The third kappa shape index (κ3) is 3.67. The first-order chi connectivity index (χ1) is 11.8. The summed E-state index contributed by atoms with van der Waals surface area (Å²) in [6, 6.07) is 20.0. The number of methoxy groups -OCH3 is 1. The number of rotatable bonds is 7. The second-order valence-electron chi connectivity index (χ2n) is 5.55. The van der Waals surface area contributed by atoms with Crippen molar-refractivity contribution in [3.8, 4) is 5.69 Å². The molecule has 3 rings (SSSR count). The summed E-state index contributed by atoms with van der Waals surface area (Å²) in [6.07, 6.45) is -0.0188. The van der Waals surface area contributed by atoms with E-state index < -0.39 is 0 Å². The number of nitrogens with one attached hydrogen (secondary N) is 1. The van der Waals surface area contributed by atoms with Crippen molar-refractivity contribution in [2.45, 2.75) is 19.1 Å². The molecule has 0 aliphatic rings. The van der Waals surface area contributed by atoms with E-state index in [9.17, 15) is 0 Å². The molecule has 6 nitrogen and oxygen atoms in total. The number of nitrogens with zero attached hydrogens (tertiary/aromatic N) is 4. The third-order valence-corrected chi connectivity index (χ3v) is 3.95. The van der Waals surface area contributed by atoms with E-state index in [1.165, 1.54) is 0 Å². The third-order valence-electron chi connectivity index (χ3n) is 3.95. The molecule has 0 amide bonds. The quantitative estimate of drug-likeness (QED) is 0.724. The van der Waals surface area contributed by atoms with Crippen LogP contribution < -0.4 is 5.32 Å². The minimum Gasteiger partial charge on any atom is -0.375 e. The van der Waals surface area contributed by atoms with Crippen molar-refractivity contribution in [3.63, 3.8) is 0 Å². The standard InChI is InChI=1S/C18H21N5O/c1-14(19-13-17(24-2)15-9-5-3-6-10-15)18-20-21-22-23(18)16-11-7-4-8-12-16/h3-12,14,17,19H,13H2,1-2H3/t14-,17+/m1/s1. The van der Waals surface area contributed by atoms with Gasteiger partial charge in [0.25, 0.3) is 0 Å². The molecule has 2 aromatic carbocycles. The first-order valence-electron chi connectivity index (χ1n) is 7.94. The van der Waals surface area contributed by atoms with Crippen molar-refractivity contribution >= 4 is 0 Å². The van der Waals surface area contributed by atoms with Gasteiger partial charge >= 0.3 is 0 Å². The van der Waals surface area contributed by atoms with Crippen molar-refractivity contribution in [1.82, 2.24) is 25.5 Å². The maximum absolute atomic E-state index is 5.60. The van der Waals surface area contributed by atoms with E-state index >= 15 is 0 Å². The van der Waals surface area contributed by atoms with E-state index in [1.807, 2.05) is 55.5 Å². The average Bonchev–Trinajstić information content (AvgIpc) is 3.13. The summed E-state index contributed by atoms with van der Waals surface area (Å²) in [5.41, 5.74) is 2.08. The predicted octanol–water partition coefficient (Wildman–Crippen LogP) is 2.70. The highest BCUT2D eigenvalue weighted by Gasteiger charge is 2.18. The van der Waals surface area contributed by atoms with Crippen LogP contribution in [0, 0.1) is 0 Å². The van der Waals surface area contributed by atoms with Gasteiger partial charge in [-0.1, -0.05) is 48.5 Å². The van der Waals surface area contributed by atoms with Crippen molar-refractivity contribution in [2.24, 2.45) is 0 Å². The first kappa shape index (κ1) is 16.3. The number of ether oxygens (including phenoxy) is 1. The predicted molar refractivity (Wildman–Crippen MR) is 91.8 cm³/mol. The van der Waals surface area contributed by atoms with Crippen molar-refractivity contribution in [3.05, 3.63) is 72.1 Å². The van der Waals surface area contributed by atoms with Crippen LogP contribution in [0.15, 0.2) is 60.7 Å². The van der Waals surface area contributed by atoms with E-state index in [4.69, 9.17) is 4.74 Å². The fourth-order valence-corrected chi connectivity index (χ4v) is 2.60. The summed E-state index contributed by atoms with van der Waals surface area (Å²) in [6.45, 7) is 2.71. The lowest BCUT2D eigenvalue weighted by Crippen LogP contribution is -2.27. The van der Waals surface area contributed by atoms with Gasteiger partial charge < -0.3 is 10.1 Å². The van der Waals surface area contributed by atoms with Gasteiger partial charge in [0.1, 0.15) is 0 Å². The van der Waals surface area contributed by atoms with Gasteiger partial charge in [-0.05, 0) is 35.0 Å². The molecule has 0 unspecified atom stereocenters. The molecule has 0 saturated carbocycles. The zero-order valence-corrected chi connectivity index (χ0v) is 13.8. The topological polar surface area (TPSA) is 64.9 Å². The van der Waals surface area contributed by atoms with Crippen LogP contribution in [-0.2, 0) is 4.74 Å². The molecule has 3 aromatic rings. The van der Waals surface area contributed by atoms with Crippen LogP contribution in [0.1, 0.15) is 30.5 Å². The van der Waals surface area contributed by atoms with E-state index in [-0.39, 0.29) is 12.1 Å². The molecule has 2 atom stereocenters. The summed E-state index contributed by atoms with van der Waals surface area (Å²) in [7, 11) is 1.72. The molecule has 0 spiro atoms. The van der Waals surface area contributed by atoms with Crippen LogP contribution in [0.2, 0.25) is 0 Å². The normalized spacial score (nSPS) is 13.6. The van der Waals surface area contributed by atoms with Gasteiger partial charge in [-0.2, -0.15) is 4.68 Å². The van der Waals surface area contributed by atoms with E-state index in [2.05, 4.69) is 33.0 Å². The molecule has 0 saturated heterocycles. The second-order valence-corrected chi connectivity index (χ2v) is 5.55. The number of hydrogen-bond donors (Lipinski definition) is 1. The number of para-hydroxylation sites is 1. The smallest absolute Gasteiger partial charge is 0.173 e. The molecular weight excluding hydrogens is 302 g/mol. The van der Waals surface area contributed by atoms with Gasteiger partial charge in [-0.3, -0.25) is 0 Å². The van der Waals surface area contributed by atoms with Gasteiger partial charge in [0.05, 0.1) is 17.8 Å². The largest absolute Gasteiger partial charge is 0.375 e. The molecule has 0 aliphatic carbocycles. The maximum atomic E-state index is 5.60. The Morgan fingerprint density at radius 2 is 1.71 bits per heavy atom. The molecule has 0 radical (unpaired) electrons. The van der Waals surface area contributed by atoms with E-state index in [0.29, 0.717) is 6.54 Å². The Kier molecular flexibility index (Phi) is 5.30. The van der Waals surface area contributed by atoms with Gasteiger partial charge in [0, 0.05) is 13.7 Å². The second kappa shape index (κ2) is 7.81. The number of tetrazole rings is 1. The van der Waals surface area contributed by atoms with E-state index in [0.717, 1.165) is 17.1 Å². The summed E-state index contributed by atoms with van der Waals surface area (Å²) < 4.78 is 7.35. The molecule has 0 fully saturated rings.